The molecule has 0 aliphatic rings. The van der Waals surface area contributed by atoms with Crippen LogP contribution in [0.4, 0.5) is 17.3 Å². The molecule has 0 spiro atoms. The lowest BCUT2D eigenvalue weighted by Gasteiger charge is -2.16. The highest BCUT2D eigenvalue weighted by atomic mass is 16.6. The zero-order valence-corrected chi connectivity index (χ0v) is 11.6. The minimum Gasteiger partial charge on any atom is -0.364 e. The van der Waals surface area contributed by atoms with Crippen LogP contribution in [0.1, 0.15) is 40.0 Å². The molecule has 0 saturated carbocycles. The van der Waals surface area contributed by atoms with Crippen LogP contribution < -0.4 is 10.6 Å². The first-order chi connectivity index (χ1) is 9.13. The Morgan fingerprint density at radius 1 is 1.26 bits per heavy atom. The van der Waals surface area contributed by atoms with Gasteiger partial charge in [0.1, 0.15) is 6.33 Å². The number of rotatable bonds is 8. The van der Waals surface area contributed by atoms with Gasteiger partial charge in [0.2, 0.25) is 11.6 Å². The van der Waals surface area contributed by atoms with Crippen molar-refractivity contribution in [2.75, 3.05) is 17.2 Å². The summed E-state index contributed by atoms with van der Waals surface area (Å²) in [4.78, 5) is 18.7. The van der Waals surface area contributed by atoms with Crippen LogP contribution in [-0.2, 0) is 0 Å². The fourth-order valence-electron chi connectivity index (χ4n) is 1.72. The van der Waals surface area contributed by atoms with Crippen molar-refractivity contribution in [2.45, 2.75) is 46.1 Å². The van der Waals surface area contributed by atoms with E-state index in [0.717, 1.165) is 19.3 Å². The second-order valence-corrected chi connectivity index (χ2v) is 4.26. The summed E-state index contributed by atoms with van der Waals surface area (Å²) in [5, 5.41) is 17.3. The van der Waals surface area contributed by atoms with Gasteiger partial charge < -0.3 is 10.6 Å². The number of hydrogen-bond acceptors (Lipinski definition) is 6. The third-order valence-corrected chi connectivity index (χ3v) is 2.87. The summed E-state index contributed by atoms with van der Waals surface area (Å²) in [7, 11) is 0. The smallest absolute Gasteiger partial charge is 0.353 e. The van der Waals surface area contributed by atoms with Crippen molar-refractivity contribution in [1.29, 1.82) is 0 Å². The predicted octanol–water partition coefficient (Wildman–Crippen LogP) is 2.81. The summed E-state index contributed by atoms with van der Waals surface area (Å²) >= 11 is 0. The van der Waals surface area contributed by atoms with Gasteiger partial charge in [-0.25, -0.2) is 9.97 Å². The number of nitrogens with zero attached hydrogens (tertiary/aromatic N) is 3. The van der Waals surface area contributed by atoms with Crippen LogP contribution in [0.2, 0.25) is 0 Å². The Labute approximate surface area is 113 Å². The molecule has 0 aliphatic carbocycles. The van der Waals surface area contributed by atoms with Crippen molar-refractivity contribution < 1.29 is 4.92 Å². The molecule has 1 heterocycles. The van der Waals surface area contributed by atoms with Gasteiger partial charge in [-0.05, 0) is 19.3 Å². The summed E-state index contributed by atoms with van der Waals surface area (Å²) in [6.45, 7) is 6.69. The zero-order valence-electron chi connectivity index (χ0n) is 11.6. The van der Waals surface area contributed by atoms with Crippen LogP contribution in [-0.4, -0.2) is 27.5 Å². The Bertz CT molecular complexity index is 421. The van der Waals surface area contributed by atoms with E-state index in [2.05, 4.69) is 20.6 Å². The predicted molar refractivity (Wildman–Crippen MR) is 75.5 cm³/mol. The Balaban J connectivity index is 3.05. The van der Waals surface area contributed by atoms with Gasteiger partial charge in [0, 0.05) is 12.6 Å². The van der Waals surface area contributed by atoms with Gasteiger partial charge in [-0.15, -0.1) is 0 Å². The maximum absolute atomic E-state index is 11.2. The Kier molecular flexibility index (Phi) is 5.98. The van der Waals surface area contributed by atoms with Crippen molar-refractivity contribution in [3.8, 4) is 0 Å². The topological polar surface area (TPSA) is 93.0 Å². The lowest BCUT2D eigenvalue weighted by atomic mass is 10.2. The minimum atomic E-state index is -0.442. The Morgan fingerprint density at radius 2 is 1.89 bits per heavy atom. The van der Waals surface area contributed by atoms with Crippen molar-refractivity contribution in [3.05, 3.63) is 16.4 Å². The zero-order chi connectivity index (χ0) is 14.3. The van der Waals surface area contributed by atoms with Gasteiger partial charge >= 0.3 is 5.69 Å². The van der Waals surface area contributed by atoms with E-state index in [9.17, 15) is 10.1 Å². The molecule has 0 aliphatic heterocycles. The van der Waals surface area contributed by atoms with Gasteiger partial charge in [0.15, 0.2) is 0 Å². The number of hydrogen-bond donors (Lipinski definition) is 2. The summed E-state index contributed by atoms with van der Waals surface area (Å²) in [5.74, 6) is 0.558. The molecule has 1 aromatic heterocycles. The average Bonchev–Trinajstić information content (AvgIpc) is 2.42. The van der Waals surface area contributed by atoms with Crippen LogP contribution in [0.15, 0.2) is 6.33 Å². The number of anilines is 2. The van der Waals surface area contributed by atoms with Gasteiger partial charge in [0.25, 0.3) is 0 Å². The van der Waals surface area contributed by atoms with E-state index in [0.29, 0.717) is 6.54 Å². The normalized spacial score (nSPS) is 10.5. The standard InChI is InChI=1S/C12H21N5O2/c1-4-7-13-11-10(17(18)19)12(15-8-14-11)16-9(5-2)6-3/h8-9H,4-7H2,1-3H3,(H2,13,14,15,16). The summed E-state index contributed by atoms with van der Waals surface area (Å²) in [6, 6.07) is 0.174. The fourth-order valence-corrected chi connectivity index (χ4v) is 1.72. The first-order valence-corrected chi connectivity index (χ1v) is 6.63. The molecular formula is C12H21N5O2. The van der Waals surface area contributed by atoms with E-state index in [1.54, 1.807) is 0 Å². The van der Waals surface area contributed by atoms with E-state index < -0.39 is 4.92 Å². The summed E-state index contributed by atoms with van der Waals surface area (Å²) in [5.41, 5.74) is -0.0807. The molecule has 0 fully saturated rings. The van der Waals surface area contributed by atoms with Crippen molar-refractivity contribution >= 4 is 17.3 Å². The van der Waals surface area contributed by atoms with Crippen LogP contribution in [0.3, 0.4) is 0 Å². The van der Waals surface area contributed by atoms with E-state index >= 15 is 0 Å². The fraction of sp³-hybridized carbons (Fsp3) is 0.667. The molecule has 0 saturated heterocycles. The highest BCUT2D eigenvalue weighted by Gasteiger charge is 2.23. The molecule has 19 heavy (non-hydrogen) atoms. The first-order valence-electron chi connectivity index (χ1n) is 6.63. The van der Waals surface area contributed by atoms with Crippen molar-refractivity contribution in [2.24, 2.45) is 0 Å². The molecule has 2 N–H and O–H groups in total. The van der Waals surface area contributed by atoms with Crippen molar-refractivity contribution in [3.63, 3.8) is 0 Å². The monoisotopic (exact) mass is 267 g/mol. The average molecular weight is 267 g/mol. The van der Waals surface area contributed by atoms with Crippen LogP contribution in [0.5, 0.6) is 0 Å². The van der Waals surface area contributed by atoms with Crippen molar-refractivity contribution in [1.82, 2.24) is 9.97 Å². The maximum atomic E-state index is 11.2. The molecule has 1 aromatic rings. The molecule has 7 nitrogen and oxygen atoms in total. The molecule has 0 amide bonds. The van der Waals surface area contributed by atoms with E-state index in [4.69, 9.17) is 0 Å². The molecule has 0 atom stereocenters. The lowest BCUT2D eigenvalue weighted by molar-refractivity contribution is -0.383. The SMILES string of the molecule is CCCNc1ncnc(NC(CC)CC)c1[N+](=O)[O-]. The van der Waals surface area contributed by atoms with E-state index in [-0.39, 0.29) is 23.4 Å². The number of aromatic nitrogens is 2. The highest BCUT2D eigenvalue weighted by Crippen LogP contribution is 2.29. The van der Waals surface area contributed by atoms with Gasteiger partial charge in [-0.1, -0.05) is 20.8 Å². The summed E-state index contributed by atoms with van der Waals surface area (Å²) in [6.07, 6.45) is 3.98. The second kappa shape index (κ2) is 7.50. The minimum absolute atomic E-state index is 0.0807. The Morgan fingerprint density at radius 3 is 2.42 bits per heavy atom. The lowest BCUT2D eigenvalue weighted by Crippen LogP contribution is -2.19. The first kappa shape index (κ1) is 15.1. The molecular weight excluding hydrogens is 246 g/mol. The third kappa shape index (κ3) is 4.04. The Hall–Kier alpha value is -1.92. The van der Waals surface area contributed by atoms with Gasteiger partial charge in [0.05, 0.1) is 4.92 Å². The van der Waals surface area contributed by atoms with Crippen LogP contribution in [0, 0.1) is 10.1 Å². The molecule has 0 aromatic carbocycles. The maximum Gasteiger partial charge on any atom is 0.353 e. The molecule has 7 heteroatoms. The molecule has 0 radical (unpaired) electrons. The van der Waals surface area contributed by atoms with Gasteiger partial charge in [-0.3, -0.25) is 10.1 Å². The second-order valence-electron chi connectivity index (χ2n) is 4.26. The number of nitro groups is 1. The molecule has 106 valence electrons. The highest BCUT2D eigenvalue weighted by molar-refractivity contribution is 5.69. The van der Waals surface area contributed by atoms with E-state index in [1.807, 2.05) is 20.8 Å². The molecule has 0 bridgehead atoms. The van der Waals surface area contributed by atoms with Crippen LogP contribution in [0.25, 0.3) is 0 Å². The quantitative estimate of drug-likeness (QED) is 0.555. The third-order valence-electron chi connectivity index (χ3n) is 2.87. The van der Waals surface area contributed by atoms with E-state index in [1.165, 1.54) is 6.33 Å². The molecule has 0 unspecified atom stereocenters. The molecule has 1 rings (SSSR count). The van der Waals surface area contributed by atoms with Crippen LogP contribution >= 0.6 is 0 Å². The summed E-state index contributed by atoms with van der Waals surface area (Å²) < 4.78 is 0. The largest absolute Gasteiger partial charge is 0.364 e. The number of nitrogens with one attached hydrogen (secondary N) is 2. The van der Waals surface area contributed by atoms with Gasteiger partial charge in [-0.2, -0.15) is 0 Å².